The van der Waals surface area contributed by atoms with Crippen molar-refractivity contribution in [2.75, 3.05) is 21.3 Å². The number of pyridine rings is 1. The molecule has 0 bridgehead atoms. The van der Waals surface area contributed by atoms with E-state index in [1.54, 1.807) is 25.3 Å². The zero-order chi connectivity index (χ0) is 14.6. The Kier molecular flexibility index (Phi) is 12.0. The van der Waals surface area contributed by atoms with E-state index in [1.807, 2.05) is 49.5 Å². The van der Waals surface area contributed by atoms with Crippen LogP contribution in [0.25, 0.3) is 11.3 Å². The van der Waals surface area contributed by atoms with E-state index in [9.17, 15) is 0 Å². The maximum absolute atomic E-state index is 4.65. The van der Waals surface area contributed by atoms with Crippen molar-refractivity contribution in [3.63, 3.8) is 0 Å². The predicted molar refractivity (Wildman–Crippen MR) is 78.9 cm³/mol. The van der Waals surface area contributed by atoms with Crippen LogP contribution in [0.15, 0.2) is 48.7 Å². The minimum Gasteiger partial charge on any atom is -0.566 e. The quantitative estimate of drug-likeness (QED) is 0.635. The SMILES string of the molecule is CO[CH-]N(C)[CH-]OC.[Pt].[c-]1ccccc1-c1ccccn1. The Labute approximate surface area is 141 Å². The van der Waals surface area contributed by atoms with Gasteiger partial charge in [0, 0.05) is 41.5 Å². The van der Waals surface area contributed by atoms with Crippen molar-refractivity contribution in [1.82, 2.24) is 9.88 Å². The molecule has 0 saturated heterocycles. The summed E-state index contributed by atoms with van der Waals surface area (Å²) in [4.78, 5) is 5.88. The van der Waals surface area contributed by atoms with E-state index < -0.39 is 0 Å². The van der Waals surface area contributed by atoms with Gasteiger partial charge in [0.2, 0.25) is 0 Å². The Morgan fingerprint density at radius 1 is 1.05 bits per heavy atom. The van der Waals surface area contributed by atoms with Crippen molar-refractivity contribution in [2.24, 2.45) is 0 Å². The summed E-state index contributed by atoms with van der Waals surface area (Å²) in [5, 5.41) is 0. The summed E-state index contributed by atoms with van der Waals surface area (Å²) in [5.74, 6) is 0. The summed E-state index contributed by atoms with van der Waals surface area (Å²) in [6, 6.07) is 16.8. The van der Waals surface area contributed by atoms with Crippen LogP contribution >= 0.6 is 0 Å². The number of rotatable bonds is 5. The van der Waals surface area contributed by atoms with E-state index in [2.05, 4.69) is 20.5 Å². The van der Waals surface area contributed by atoms with Crippen LogP contribution in [0, 0.1) is 19.5 Å². The molecule has 1 aromatic heterocycles. The molecular formula is C16H19N2O2Pt-3. The number of aromatic nitrogens is 1. The van der Waals surface area contributed by atoms with Gasteiger partial charge in [-0.3, -0.25) is 0 Å². The molecule has 0 aliphatic rings. The molecule has 1 aromatic carbocycles. The van der Waals surface area contributed by atoms with E-state index in [0.29, 0.717) is 0 Å². The predicted octanol–water partition coefficient (Wildman–Crippen LogP) is 3.00. The Balaban J connectivity index is 0.000000397. The molecule has 2 rings (SSSR count). The topological polar surface area (TPSA) is 34.6 Å². The number of nitrogens with zero attached hydrogens (tertiary/aromatic N) is 2. The molecule has 0 spiro atoms. The largest absolute Gasteiger partial charge is 0.566 e. The third-order valence-electron chi connectivity index (χ3n) is 2.19. The van der Waals surface area contributed by atoms with E-state index in [0.717, 1.165) is 11.3 Å². The Hall–Kier alpha value is -1.06. The van der Waals surface area contributed by atoms with Gasteiger partial charge in [-0.05, 0) is 11.8 Å². The van der Waals surface area contributed by atoms with E-state index in [4.69, 9.17) is 0 Å². The summed E-state index contributed by atoms with van der Waals surface area (Å²) in [6.07, 6.45) is 1.79. The summed E-state index contributed by atoms with van der Waals surface area (Å²) in [7, 11) is 4.98. The van der Waals surface area contributed by atoms with Crippen molar-refractivity contribution in [1.29, 1.82) is 0 Å². The maximum atomic E-state index is 4.65. The number of methoxy groups -OCH3 is 2. The van der Waals surface area contributed by atoms with Crippen LogP contribution in [0.2, 0.25) is 0 Å². The molecule has 118 valence electrons. The van der Waals surface area contributed by atoms with Crippen LogP contribution in [-0.4, -0.2) is 31.2 Å². The molecule has 21 heavy (non-hydrogen) atoms. The van der Waals surface area contributed by atoms with Crippen molar-refractivity contribution in [2.45, 2.75) is 0 Å². The van der Waals surface area contributed by atoms with Crippen molar-refractivity contribution >= 4 is 0 Å². The molecule has 0 radical (unpaired) electrons. The summed E-state index contributed by atoms with van der Waals surface area (Å²) < 4.78 is 9.29. The van der Waals surface area contributed by atoms with E-state index in [-0.39, 0.29) is 21.1 Å². The smallest absolute Gasteiger partial charge is 0.0160 e. The van der Waals surface area contributed by atoms with Gasteiger partial charge in [-0.15, -0.1) is 35.9 Å². The molecule has 4 nitrogen and oxygen atoms in total. The van der Waals surface area contributed by atoms with Gasteiger partial charge in [0.25, 0.3) is 0 Å². The molecule has 0 saturated carbocycles. The van der Waals surface area contributed by atoms with Crippen LogP contribution in [0.5, 0.6) is 0 Å². The summed E-state index contributed by atoms with van der Waals surface area (Å²) >= 11 is 0. The number of benzene rings is 1. The summed E-state index contributed by atoms with van der Waals surface area (Å²) in [6.45, 7) is 3.06. The number of hydrogen-bond acceptors (Lipinski definition) is 4. The van der Waals surface area contributed by atoms with E-state index in [1.165, 1.54) is 13.5 Å². The second kappa shape index (κ2) is 12.7. The van der Waals surface area contributed by atoms with Gasteiger partial charge in [-0.1, -0.05) is 19.2 Å². The number of ether oxygens (including phenoxy) is 2. The van der Waals surface area contributed by atoms with Crippen LogP contribution in [-0.2, 0) is 30.5 Å². The fourth-order valence-electron chi connectivity index (χ4n) is 1.43. The first-order valence-corrected chi connectivity index (χ1v) is 6.10. The first-order chi connectivity index (χ1) is 9.77. The molecule has 0 aliphatic heterocycles. The molecule has 0 aliphatic carbocycles. The molecule has 2 aromatic rings. The molecule has 0 amide bonds. The first-order valence-electron chi connectivity index (χ1n) is 6.10. The van der Waals surface area contributed by atoms with Gasteiger partial charge in [0.1, 0.15) is 0 Å². The van der Waals surface area contributed by atoms with Gasteiger partial charge < -0.3 is 19.4 Å². The second-order valence-electron chi connectivity index (χ2n) is 3.84. The molecule has 0 unspecified atom stereocenters. The van der Waals surface area contributed by atoms with Crippen LogP contribution in [0.4, 0.5) is 0 Å². The van der Waals surface area contributed by atoms with Gasteiger partial charge in [-0.25, -0.2) is 0 Å². The van der Waals surface area contributed by atoms with Crippen molar-refractivity contribution in [3.05, 3.63) is 68.2 Å². The minimum atomic E-state index is 0. The second-order valence-corrected chi connectivity index (χ2v) is 3.84. The van der Waals surface area contributed by atoms with Gasteiger partial charge in [-0.2, -0.15) is 13.5 Å². The maximum Gasteiger partial charge on any atom is 0.0160 e. The molecule has 5 heteroatoms. The first kappa shape index (κ1) is 19.9. The standard InChI is InChI=1S/C11H8N.C5H11NO2.Pt/c1-2-6-10(7-3-1)11-8-4-5-9-12-11;1-6(4-7-2)5-8-3;/h1-6,8-9H;4-5H,1-3H3;/q-1;-2;. The molecular weight excluding hydrogens is 447 g/mol. The van der Waals surface area contributed by atoms with E-state index >= 15 is 0 Å². The Morgan fingerprint density at radius 3 is 2.19 bits per heavy atom. The van der Waals surface area contributed by atoms with Gasteiger partial charge >= 0.3 is 0 Å². The summed E-state index contributed by atoms with van der Waals surface area (Å²) in [5.41, 5.74) is 2.01. The Bertz CT molecular complexity index is 411. The van der Waals surface area contributed by atoms with Crippen LogP contribution in [0.3, 0.4) is 0 Å². The molecule has 0 atom stereocenters. The van der Waals surface area contributed by atoms with Crippen LogP contribution < -0.4 is 0 Å². The Morgan fingerprint density at radius 2 is 1.71 bits per heavy atom. The molecule has 0 N–H and O–H groups in total. The molecule has 1 heterocycles. The van der Waals surface area contributed by atoms with Gasteiger partial charge in [0.15, 0.2) is 0 Å². The monoisotopic (exact) mass is 466 g/mol. The fraction of sp³-hybridized carbons (Fsp3) is 0.188. The zero-order valence-electron chi connectivity index (χ0n) is 12.3. The van der Waals surface area contributed by atoms with Gasteiger partial charge in [0.05, 0.1) is 0 Å². The minimum absolute atomic E-state index is 0. The van der Waals surface area contributed by atoms with Crippen LogP contribution in [0.1, 0.15) is 0 Å². The molecule has 0 fully saturated rings. The average molecular weight is 466 g/mol. The van der Waals surface area contributed by atoms with Crippen molar-refractivity contribution in [3.8, 4) is 11.3 Å². The third kappa shape index (κ3) is 8.74. The third-order valence-corrected chi connectivity index (χ3v) is 2.19. The van der Waals surface area contributed by atoms with Crippen molar-refractivity contribution < 1.29 is 30.5 Å². The number of hydrogen-bond donors (Lipinski definition) is 0. The fourth-order valence-corrected chi connectivity index (χ4v) is 1.43. The average Bonchev–Trinajstić information content (AvgIpc) is 2.50. The normalized spacial score (nSPS) is 9.52. The zero-order valence-corrected chi connectivity index (χ0v) is 14.6.